The summed E-state index contributed by atoms with van der Waals surface area (Å²) < 4.78 is 0. The molecule has 1 unspecified atom stereocenters. The highest BCUT2D eigenvalue weighted by Gasteiger charge is 2.04. The summed E-state index contributed by atoms with van der Waals surface area (Å²) in [6.07, 6.45) is 2.42. The number of nitrogens with two attached hydrogens (primary N) is 1. The lowest BCUT2D eigenvalue weighted by Gasteiger charge is -2.11. The van der Waals surface area contributed by atoms with Gasteiger partial charge in [0, 0.05) is 6.54 Å². The normalized spacial score (nSPS) is 12.4. The average molecular weight is 196 g/mol. The van der Waals surface area contributed by atoms with Gasteiger partial charge in [0.15, 0.2) is 5.82 Å². The van der Waals surface area contributed by atoms with E-state index in [4.69, 9.17) is 5.73 Å². The zero-order valence-electron chi connectivity index (χ0n) is 8.50. The highest BCUT2D eigenvalue weighted by Crippen LogP contribution is 2.09. The third-order valence-corrected chi connectivity index (χ3v) is 2.20. The zero-order valence-corrected chi connectivity index (χ0v) is 8.50. The second-order valence-electron chi connectivity index (χ2n) is 3.39. The van der Waals surface area contributed by atoms with Gasteiger partial charge in [-0.05, 0) is 5.92 Å². The molecule has 1 rings (SSSR count). The van der Waals surface area contributed by atoms with E-state index in [2.05, 4.69) is 29.1 Å². The number of aromatic amines is 1. The van der Waals surface area contributed by atoms with Gasteiger partial charge < -0.3 is 16.0 Å². The molecule has 0 amide bonds. The third-order valence-electron chi connectivity index (χ3n) is 2.20. The number of H-pyrrole nitrogens is 1. The molecule has 5 nitrogen and oxygen atoms in total. The van der Waals surface area contributed by atoms with Gasteiger partial charge in [-0.15, -0.1) is 0 Å². The van der Waals surface area contributed by atoms with Crippen molar-refractivity contribution in [3.05, 3.63) is 16.7 Å². The van der Waals surface area contributed by atoms with Crippen molar-refractivity contribution in [1.29, 1.82) is 0 Å². The summed E-state index contributed by atoms with van der Waals surface area (Å²) in [7, 11) is 0. The molecule has 0 fully saturated rings. The van der Waals surface area contributed by atoms with Gasteiger partial charge in [-0.25, -0.2) is 4.98 Å². The average Bonchev–Trinajstić information content (AvgIpc) is 2.20. The molecule has 1 aromatic heterocycles. The molecule has 78 valence electrons. The Bertz CT molecular complexity index is 347. The van der Waals surface area contributed by atoms with Gasteiger partial charge in [0.25, 0.3) is 5.56 Å². The van der Waals surface area contributed by atoms with Gasteiger partial charge in [-0.3, -0.25) is 4.79 Å². The van der Waals surface area contributed by atoms with Crippen molar-refractivity contribution >= 4 is 11.5 Å². The Morgan fingerprint density at radius 3 is 3.07 bits per heavy atom. The Balaban J connectivity index is 2.68. The number of aromatic nitrogens is 2. The molecule has 0 bridgehead atoms. The summed E-state index contributed by atoms with van der Waals surface area (Å²) in [6, 6.07) is 0. The van der Waals surface area contributed by atoms with Crippen molar-refractivity contribution < 1.29 is 0 Å². The number of nitrogens with zero attached hydrogens (tertiary/aromatic N) is 1. The topological polar surface area (TPSA) is 83.8 Å². The van der Waals surface area contributed by atoms with Gasteiger partial charge in [-0.2, -0.15) is 0 Å². The maximum absolute atomic E-state index is 11.1. The van der Waals surface area contributed by atoms with E-state index in [0.717, 1.165) is 13.0 Å². The van der Waals surface area contributed by atoms with Crippen LogP contribution in [0.1, 0.15) is 20.3 Å². The van der Waals surface area contributed by atoms with E-state index in [1.54, 1.807) is 0 Å². The first-order valence-electron chi connectivity index (χ1n) is 4.72. The summed E-state index contributed by atoms with van der Waals surface area (Å²) in [4.78, 5) is 17.5. The SMILES string of the molecule is CCC(C)CNc1nc[nH]c(=O)c1N. The molecule has 0 radical (unpaired) electrons. The first-order chi connectivity index (χ1) is 6.65. The second kappa shape index (κ2) is 4.64. The van der Waals surface area contributed by atoms with E-state index in [-0.39, 0.29) is 11.2 Å². The summed E-state index contributed by atoms with van der Waals surface area (Å²) in [6.45, 7) is 5.01. The Kier molecular flexibility index (Phi) is 3.50. The van der Waals surface area contributed by atoms with Crippen LogP contribution < -0.4 is 16.6 Å². The molecule has 4 N–H and O–H groups in total. The van der Waals surface area contributed by atoms with Crippen molar-refractivity contribution in [2.75, 3.05) is 17.6 Å². The summed E-state index contributed by atoms with van der Waals surface area (Å²) in [5.41, 5.74) is 5.39. The van der Waals surface area contributed by atoms with Crippen LogP contribution in [0.2, 0.25) is 0 Å². The monoisotopic (exact) mass is 196 g/mol. The Morgan fingerprint density at radius 2 is 2.43 bits per heavy atom. The largest absolute Gasteiger partial charge is 0.391 e. The van der Waals surface area contributed by atoms with E-state index in [1.807, 2.05) is 0 Å². The van der Waals surface area contributed by atoms with Gasteiger partial charge in [0.05, 0.1) is 6.33 Å². The maximum Gasteiger partial charge on any atom is 0.276 e. The fourth-order valence-electron chi connectivity index (χ4n) is 0.966. The third kappa shape index (κ3) is 2.48. The van der Waals surface area contributed by atoms with Crippen LogP contribution in [0, 0.1) is 5.92 Å². The van der Waals surface area contributed by atoms with E-state index >= 15 is 0 Å². The van der Waals surface area contributed by atoms with Crippen LogP contribution in [-0.4, -0.2) is 16.5 Å². The first-order valence-corrected chi connectivity index (χ1v) is 4.72. The van der Waals surface area contributed by atoms with Crippen molar-refractivity contribution in [3.8, 4) is 0 Å². The van der Waals surface area contributed by atoms with Crippen LogP contribution in [0.15, 0.2) is 11.1 Å². The number of hydrogen-bond donors (Lipinski definition) is 3. The van der Waals surface area contributed by atoms with Crippen molar-refractivity contribution in [2.45, 2.75) is 20.3 Å². The number of anilines is 2. The molecule has 0 spiro atoms. The van der Waals surface area contributed by atoms with E-state index in [9.17, 15) is 4.79 Å². The molecule has 1 aromatic rings. The number of rotatable bonds is 4. The van der Waals surface area contributed by atoms with Crippen LogP contribution in [0.5, 0.6) is 0 Å². The molecule has 5 heteroatoms. The van der Waals surface area contributed by atoms with Gasteiger partial charge in [0.2, 0.25) is 0 Å². The van der Waals surface area contributed by atoms with Crippen LogP contribution in [0.25, 0.3) is 0 Å². The number of nitrogen functional groups attached to an aromatic ring is 1. The molecule has 0 aliphatic carbocycles. The molecule has 0 aliphatic heterocycles. The number of nitrogens with one attached hydrogen (secondary N) is 2. The maximum atomic E-state index is 11.1. The highest BCUT2D eigenvalue weighted by molar-refractivity contribution is 5.58. The van der Waals surface area contributed by atoms with Crippen LogP contribution in [-0.2, 0) is 0 Å². The lowest BCUT2D eigenvalue weighted by molar-refractivity contribution is 0.592. The molecule has 0 saturated carbocycles. The summed E-state index contributed by atoms with van der Waals surface area (Å²) in [5.74, 6) is 1.00. The molecule has 1 atom stereocenters. The fraction of sp³-hybridized carbons (Fsp3) is 0.556. The van der Waals surface area contributed by atoms with Gasteiger partial charge in [0.1, 0.15) is 5.69 Å². The van der Waals surface area contributed by atoms with E-state index in [1.165, 1.54) is 6.33 Å². The van der Waals surface area contributed by atoms with Crippen LogP contribution in [0.3, 0.4) is 0 Å². The summed E-state index contributed by atoms with van der Waals surface area (Å²) in [5, 5.41) is 3.05. The molecular formula is C9H16N4O. The lowest BCUT2D eigenvalue weighted by Crippen LogP contribution is -2.18. The van der Waals surface area contributed by atoms with E-state index in [0.29, 0.717) is 11.7 Å². The molecule has 1 heterocycles. The zero-order chi connectivity index (χ0) is 10.6. The predicted molar refractivity (Wildman–Crippen MR) is 57.2 cm³/mol. The lowest BCUT2D eigenvalue weighted by atomic mass is 10.1. The van der Waals surface area contributed by atoms with Crippen LogP contribution >= 0.6 is 0 Å². The smallest absolute Gasteiger partial charge is 0.276 e. The van der Waals surface area contributed by atoms with Crippen molar-refractivity contribution in [2.24, 2.45) is 5.92 Å². The number of hydrogen-bond acceptors (Lipinski definition) is 4. The predicted octanol–water partition coefficient (Wildman–Crippen LogP) is 0.810. The molecular weight excluding hydrogens is 180 g/mol. The van der Waals surface area contributed by atoms with Crippen molar-refractivity contribution in [1.82, 2.24) is 9.97 Å². The Labute approximate surface area is 82.7 Å². The highest BCUT2D eigenvalue weighted by atomic mass is 16.1. The summed E-state index contributed by atoms with van der Waals surface area (Å²) >= 11 is 0. The molecule has 0 aliphatic rings. The first kappa shape index (κ1) is 10.6. The van der Waals surface area contributed by atoms with Gasteiger partial charge in [-0.1, -0.05) is 20.3 Å². The molecule has 0 saturated heterocycles. The quantitative estimate of drug-likeness (QED) is 0.665. The van der Waals surface area contributed by atoms with E-state index < -0.39 is 0 Å². The Morgan fingerprint density at radius 1 is 1.71 bits per heavy atom. The second-order valence-corrected chi connectivity index (χ2v) is 3.39. The molecule has 14 heavy (non-hydrogen) atoms. The standard InChI is InChI=1S/C9H16N4O/c1-3-6(2)4-11-8-7(10)9(14)13-5-12-8/h5-6H,3-4,10H2,1-2H3,(H2,11,12,13,14). The minimum Gasteiger partial charge on any atom is -0.391 e. The Hall–Kier alpha value is -1.52. The minimum absolute atomic E-state index is 0.149. The van der Waals surface area contributed by atoms with Gasteiger partial charge >= 0.3 is 0 Å². The fourth-order valence-corrected chi connectivity index (χ4v) is 0.966. The molecule has 0 aromatic carbocycles. The van der Waals surface area contributed by atoms with Crippen LogP contribution in [0.4, 0.5) is 11.5 Å². The van der Waals surface area contributed by atoms with Crippen molar-refractivity contribution in [3.63, 3.8) is 0 Å². The minimum atomic E-state index is -0.299.